The molecular weight excluding hydrogens is 270 g/mol. The number of benzene rings is 1. The van der Waals surface area contributed by atoms with E-state index in [1.165, 1.54) is 31.2 Å². The number of hydrogen-bond donors (Lipinski definition) is 2. The predicted octanol–water partition coefficient (Wildman–Crippen LogP) is 3.93. The highest BCUT2D eigenvalue weighted by molar-refractivity contribution is 6.30. The highest BCUT2D eigenvalue weighted by Gasteiger charge is 2.33. The van der Waals surface area contributed by atoms with E-state index in [4.69, 9.17) is 11.6 Å². The topological polar surface area (TPSA) is 32.3 Å². The lowest BCUT2D eigenvalue weighted by atomic mass is 9.86. The summed E-state index contributed by atoms with van der Waals surface area (Å²) in [7, 11) is 0. The molecule has 0 saturated heterocycles. The third-order valence-corrected chi connectivity index (χ3v) is 5.04. The Bertz CT molecular complexity index is 429. The number of hydrogen-bond acceptors (Lipinski definition) is 2. The fourth-order valence-electron chi connectivity index (χ4n) is 3.36. The highest BCUT2D eigenvalue weighted by atomic mass is 35.5. The predicted molar refractivity (Wildman–Crippen MR) is 82.9 cm³/mol. The van der Waals surface area contributed by atoms with Crippen molar-refractivity contribution in [2.75, 3.05) is 6.54 Å². The smallest absolute Gasteiger partial charge is 0.0580 e. The van der Waals surface area contributed by atoms with Crippen LogP contribution in [0.25, 0.3) is 0 Å². The molecule has 0 spiro atoms. The van der Waals surface area contributed by atoms with Crippen LogP contribution in [-0.2, 0) is 0 Å². The van der Waals surface area contributed by atoms with Gasteiger partial charge in [0.2, 0.25) is 0 Å². The van der Waals surface area contributed by atoms with E-state index >= 15 is 0 Å². The molecule has 0 heterocycles. The Morgan fingerprint density at radius 3 is 2.45 bits per heavy atom. The zero-order valence-electron chi connectivity index (χ0n) is 11.9. The van der Waals surface area contributed by atoms with Crippen molar-refractivity contribution >= 4 is 11.6 Å². The van der Waals surface area contributed by atoms with Crippen molar-refractivity contribution in [3.8, 4) is 0 Å². The number of aliphatic hydroxyl groups is 1. The van der Waals surface area contributed by atoms with Crippen LogP contribution >= 0.6 is 11.6 Å². The van der Waals surface area contributed by atoms with Gasteiger partial charge in [-0.15, -0.1) is 0 Å². The van der Waals surface area contributed by atoms with Gasteiger partial charge in [-0.05, 0) is 55.2 Å². The molecule has 0 aliphatic heterocycles. The van der Waals surface area contributed by atoms with Crippen LogP contribution in [0.3, 0.4) is 0 Å². The second-order valence-electron chi connectivity index (χ2n) is 6.39. The Morgan fingerprint density at radius 2 is 1.80 bits per heavy atom. The summed E-state index contributed by atoms with van der Waals surface area (Å²) in [5.41, 5.74) is 1.34. The van der Waals surface area contributed by atoms with E-state index in [1.807, 2.05) is 12.1 Å². The summed E-state index contributed by atoms with van der Waals surface area (Å²) in [4.78, 5) is 0. The summed E-state index contributed by atoms with van der Waals surface area (Å²) < 4.78 is 0. The largest absolute Gasteiger partial charge is 0.393 e. The molecule has 3 heteroatoms. The highest BCUT2D eigenvalue weighted by Crippen LogP contribution is 2.41. The molecule has 0 bridgehead atoms. The van der Waals surface area contributed by atoms with Crippen molar-refractivity contribution in [2.45, 2.75) is 50.7 Å². The molecule has 0 amide bonds. The van der Waals surface area contributed by atoms with Crippen LogP contribution < -0.4 is 5.32 Å². The Labute approximate surface area is 126 Å². The van der Waals surface area contributed by atoms with Crippen LogP contribution in [0.2, 0.25) is 5.02 Å². The fourth-order valence-corrected chi connectivity index (χ4v) is 3.49. The molecule has 3 rings (SSSR count). The normalized spacial score (nSPS) is 28.3. The maximum Gasteiger partial charge on any atom is 0.0580 e. The summed E-state index contributed by atoms with van der Waals surface area (Å²) in [6, 6.07) is 8.65. The maximum atomic E-state index is 10.1. The molecule has 2 saturated carbocycles. The third kappa shape index (κ3) is 3.55. The summed E-state index contributed by atoms with van der Waals surface area (Å²) >= 11 is 5.98. The Kier molecular flexibility index (Phi) is 4.65. The lowest BCUT2D eigenvalue weighted by Crippen LogP contribution is -2.36. The van der Waals surface area contributed by atoms with Gasteiger partial charge in [0.25, 0.3) is 0 Å². The zero-order valence-corrected chi connectivity index (χ0v) is 12.6. The van der Waals surface area contributed by atoms with Gasteiger partial charge in [0.15, 0.2) is 0 Å². The third-order valence-electron chi connectivity index (χ3n) is 4.79. The maximum absolute atomic E-state index is 10.1. The fraction of sp³-hybridized carbons (Fsp3) is 0.647. The average Bonchev–Trinajstić information content (AvgIpc) is 3.27. The summed E-state index contributed by atoms with van der Waals surface area (Å²) in [5.74, 6) is 1.19. The van der Waals surface area contributed by atoms with Crippen molar-refractivity contribution < 1.29 is 5.11 Å². The summed E-state index contributed by atoms with van der Waals surface area (Å²) in [6.45, 7) is 0.935. The van der Waals surface area contributed by atoms with E-state index in [-0.39, 0.29) is 6.10 Å². The minimum atomic E-state index is -0.110. The summed E-state index contributed by atoms with van der Waals surface area (Å²) in [6.07, 6.45) is 7.09. The molecule has 20 heavy (non-hydrogen) atoms. The number of rotatable bonds is 5. The molecule has 2 aliphatic rings. The first-order valence-corrected chi connectivity index (χ1v) is 8.29. The van der Waals surface area contributed by atoms with Gasteiger partial charge in [-0.25, -0.2) is 0 Å². The monoisotopic (exact) mass is 293 g/mol. The molecule has 3 unspecified atom stereocenters. The van der Waals surface area contributed by atoms with Crippen molar-refractivity contribution in [1.29, 1.82) is 0 Å². The molecule has 110 valence electrons. The van der Waals surface area contributed by atoms with Gasteiger partial charge in [-0.1, -0.05) is 36.6 Å². The van der Waals surface area contributed by atoms with Crippen LogP contribution in [0.1, 0.15) is 50.1 Å². The van der Waals surface area contributed by atoms with Crippen molar-refractivity contribution in [1.82, 2.24) is 5.32 Å². The quantitative estimate of drug-likeness (QED) is 0.862. The zero-order chi connectivity index (χ0) is 13.9. The number of halogens is 1. The molecule has 2 N–H and O–H groups in total. The standard InChI is InChI=1S/C17H24ClNO/c18-15-9-7-13(8-10-15)17(12-5-6-12)19-11-14-3-1-2-4-16(14)20/h7-10,12,14,16-17,19-20H,1-6,11H2. The van der Waals surface area contributed by atoms with Crippen molar-refractivity contribution in [3.63, 3.8) is 0 Å². The van der Waals surface area contributed by atoms with E-state index in [0.717, 1.165) is 30.3 Å². The molecule has 2 fully saturated rings. The van der Waals surface area contributed by atoms with Crippen LogP contribution in [0, 0.1) is 11.8 Å². The van der Waals surface area contributed by atoms with Gasteiger partial charge in [-0.3, -0.25) is 0 Å². The average molecular weight is 294 g/mol. The van der Waals surface area contributed by atoms with Gasteiger partial charge >= 0.3 is 0 Å². The van der Waals surface area contributed by atoms with E-state index < -0.39 is 0 Å². The first-order chi connectivity index (χ1) is 9.74. The lowest BCUT2D eigenvalue weighted by molar-refractivity contribution is 0.0676. The van der Waals surface area contributed by atoms with Crippen LogP contribution in [0.4, 0.5) is 0 Å². The minimum absolute atomic E-state index is 0.110. The van der Waals surface area contributed by atoms with Gasteiger partial charge in [0, 0.05) is 17.6 Å². The van der Waals surface area contributed by atoms with Gasteiger partial charge < -0.3 is 10.4 Å². The molecule has 1 aromatic carbocycles. The molecule has 3 atom stereocenters. The van der Waals surface area contributed by atoms with Crippen LogP contribution in [0.15, 0.2) is 24.3 Å². The lowest BCUT2D eigenvalue weighted by Gasteiger charge is -2.30. The Balaban J connectivity index is 1.61. The second-order valence-corrected chi connectivity index (χ2v) is 6.82. The van der Waals surface area contributed by atoms with Gasteiger partial charge in [0.1, 0.15) is 0 Å². The molecule has 0 aromatic heterocycles. The van der Waals surface area contributed by atoms with Crippen LogP contribution in [0.5, 0.6) is 0 Å². The first-order valence-electron chi connectivity index (χ1n) is 7.91. The van der Waals surface area contributed by atoms with Gasteiger partial charge in [0.05, 0.1) is 6.10 Å². The number of nitrogens with one attached hydrogen (secondary N) is 1. The summed E-state index contributed by atoms with van der Waals surface area (Å²) in [5, 5.41) is 14.6. The minimum Gasteiger partial charge on any atom is -0.393 e. The van der Waals surface area contributed by atoms with E-state index in [9.17, 15) is 5.11 Å². The molecule has 1 aromatic rings. The molecule has 0 radical (unpaired) electrons. The van der Waals surface area contributed by atoms with E-state index in [1.54, 1.807) is 0 Å². The van der Waals surface area contributed by atoms with Crippen molar-refractivity contribution in [3.05, 3.63) is 34.9 Å². The van der Waals surface area contributed by atoms with E-state index in [0.29, 0.717) is 12.0 Å². The van der Waals surface area contributed by atoms with E-state index in [2.05, 4.69) is 17.4 Å². The Hall–Kier alpha value is -0.570. The SMILES string of the molecule is OC1CCCCC1CNC(c1ccc(Cl)cc1)C1CC1. The van der Waals surface area contributed by atoms with Gasteiger partial charge in [-0.2, -0.15) is 0 Å². The molecule has 2 aliphatic carbocycles. The van der Waals surface area contributed by atoms with Crippen LogP contribution in [-0.4, -0.2) is 17.8 Å². The number of aliphatic hydroxyl groups excluding tert-OH is 1. The van der Waals surface area contributed by atoms with Crippen molar-refractivity contribution in [2.24, 2.45) is 11.8 Å². The Morgan fingerprint density at radius 1 is 1.10 bits per heavy atom. The second kappa shape index (κ2) is 6.46. The molecule has 2 nitrogen and oxygen atoms in total. The molecular formula is C17H24ClNO. The first kappa shape index (κ1) is 14.4.